The van der Waals surface area contributed by atoms with Gasteiger partial charge in [-0.2, -0.15) is 0 Å². The number of β-lactam (4-membered cyclic amide) rings is 1. The van der Waals surface area contributed by atoms with Crippen molar-refractivity contribution in [2.24, 2.45) is 11.8 Å². The van der Waals surface area contributed by atoms with Crippen LogP contribution < -0.4 is 5.32 Å². The number of nitrogens with one attached hydrogen (secondary N) is 1. The first-order chi connectivity index (χ1) is 14.6. The first kappa shape index (κ1) is 25.3. The Bertz CT molecular complexity index is 822. The standard InChI is InChI=1S/C21H32N4O5S.ClH/c1-10-16-15(11(2)26)20(28)25(16)17(21(29)30)18(10)31-13-7-14(22-8-13)19(27)24-6-5-12(9-24)23(3)4;/h10-16,22,26H,5-9H2,1-4H3,(H,29,30);1H/t10-,11-,12+,13+,14+,15-,16-;/m1./s1. The lowest BCUT2D eigenvalue weighted by atomic mass is 9.79. The highest BCUT2D eigenvalue weighted by Crippen LogP contribution is 2.51. The van der Waals surface area contributed by atoms with Crippen LogP contribution in [0.15, 0.2) is 10.6 Å². The van der Waals surface area contributed by atoms with Crippen LogP contribution in [-0.2, 0) is 14.4 Å². The van der Waals surface area contributed by atoms with Crippen LogP contribution in [0.3, 0.4) is 0 Å². The van der Waals surface area contributed by atoms with Gasteiger partial charge in [0.1, 0.15) is 5.70 Å². The molecule has 0 spiro atoms. The number of carbonyl (C=O) groups is 3. The first-order valence-electron chi connectivity index (χ1n) is 11.0. The number of likely N-dealkylation sites (N-methyl/N-ethyl adjacent to an activating group) is 1. The maximum Gasteiger partial charge on any atom is 0.353 e. The van der Waals surface area contributed by atoms with Crippen molar-refractivity contribution in [1.82, 2.24) is 20.0 Å². The zero-order valence-electron chi connectivity index (χ0n) is 18.9. The highest BCUT2D eigenvalue weighted by atomic mass is 35.5. The number of hydrogen-bond acceptors (Lipinski definition) is 7. The number of nitrogens with zero attached hydrogens (tertiary/aromatic N) is 3. The van der Waals surface area contributed by atoms with E-state index < -0.39 is 18.0 Å². The van der Waals surface area contributed by atoms with E-state index in [1.54, 1.807) is 6.92 Å². The molecular formula is C21H33ClN4O5S. The topological polar surface area (TPSA) is 113 Å². The van der Waals surface area contributed by atoms with Gasteiger partial charge in [-0.05, 0) is 33.9 Å². The van der Waals surface area contributed by atoms with Gasteiger partial charge in [0.15, 0.2) is 0 Å². The van der Waals surface area contributed by atoms with Gasteiger partial charge in [0.05, 0.1) is 24.1 Å². The third-order valence-electron chi connectivity index (χ3n) is 7.20. The van der Waals surface area contributed by atoms with Crippen molar-refractivity contribution in [3.63, 3.8) is 0 Å². The summed E-state index contributed by atoms with van der Waals surface area (Å²) in [5, 5.41) is 23.1. The summed E-state index contributed by atoms with van der Waals surface area (Å²) in [7, 11) is 4.07. The molecule has 0 aromatic heterocycles. The van der Waals surface area contributed by atoms with Crippen LogP contribution in [0.25, 0.3) is 0 Å². The number of aliphatic hydroxyl groups is 1. The summed E-state index contributed by atoms with van der Waals surface area (Å²) in [5.41, 5.74) is 0.0487. The molecular weight excluding hydrogens is 456 g/mol. The summed E-state index contributed by atoms with van der Waals surface area (Å²) in [6, 6.07) is -0.171. The highest BCUT2D eigenvalue weighted by molar-refractivity contribution is 8.03. The van der Waals surface area contributed by atoms with Crippen molar-refractivity contribution in [2.75, 3.05) is 33.7 Å². The zero-order chi connectivity index (χ0) is 22.6. The fourth-order valence-electron chi connectivity index (χ4n) is 5.42. The third kappa shape index (κ3) is 4.16. The summed E-state index contributed by atoms with van der Waals surface area (Å²) in [4.78, 5) is 43.5. The van der Waals surface area contributed by atoms with Gasteiger partial charge in [-0.1, -0.05) is 6.92 Å². The van der Waals surface area contributed by atoms with Gasteiger partial charge in [0.2, 0.25) is 11.8 Å². The largest absolute Gasteiger partial charge is 0.477 e. The first-order valence-corrected chi connectivity index (χ1v) is 11.8. The Labute approximate surface area is 199 Å². The minimum atomic E-state index is -1.11. The number of likely N-dealkylation sites (tertiary alicyclic amines) is 1. The van der Waals surface area contributed by atoms with Crippen LogP contribution in [0.1, 0.15) is 26.7 Å². The second-order valence-corrected chi connectivity index (χ2v) is 10.7. The number of carboxylic acids is 1. The van der Waals surface area contributed by atoms with E-state index in [-0.39, 0.29) is 53.2 Å². The number of halogens is 1. The highest BCUT2D eigenvalue weighted by Gasteiger charge is 2.60. The van der Waals surface area contributed by atoms with Gasteiger partial charge in [-0.3, -0.25) is 9.59 Å². The number of thioether (sulfide) groups is 1. The predicted octanol–water partition coefficient (Wildman–Crippen LogP) is 0.188. The minimum absolute atomic E-state index is 0. The van der Waals surface area contributed by atoms with E-state index in [1.165, 1.54) is 16.7 Å². The second kappa shape index (κ2) is 9.50. The Balaban J connectivity index is 0.00000289. The average Bonchev–Trinajstić information content (AvgIpc) is 3.40. The molecule has 4 aliphatic rings. The Kier molecular flexibility index (Phi) is 7.51. The Hall–Kier alpha value is -1.33. The quantitative estimate of drug-likeness (QED) is 0.454. The molecule has 3 fully saturated rings. The molecule has 0 aromatic rings. The van der Waals surface area contributed by atoms with Crippen LogP contribution >= 0.6 is 24.2 Å². The van der Waals surface area contributed by atoms with Crippen LogP contribution in [0.5, 0.6) is 0 Å². The van der Waals surface area contributed by atoms with E-state index in [0.717, 1.165) is 19.5 Å². The van der Waals surface area contributed by atoms with E-state index >= 15 is 0 Å². The number of hydrogen-bond donors (Lipinski definition) is 3. The Morgan fingerprint density at radius 1 is 1.31 bits per heavy atom. The van der Waals surface area contributed by atoms with Crippen molar-refractivity contribution in [3.05, 3.63) is 10.6 Å². The Morgan fingerprint density at radius 2 is 2.00 bits per heavy atom. The van der Waals surface area contributed by atoms with Crippen molar-refractivity contribution in [3.8, 4) is 0 Å². The van der Waals surface area contributed by atoms with Gasteiger partial charge in [-0.25, -0.2) is 4.79 Å². The molecule has 9 nitrogen and oxygen atoms in total. The number of amides is 2. The fourth-order valence-corrected chi connectivity index (χ4v) is 6.90. The van der Waals surface area contributed by atoms with E-state index in [1.807, 2.05) is 25.9 Å². The molecule has 2 amide bonds. The molecule has 32 heavy (non-hydrogen) atoms. The molecule has 4 aliphatic heterocycles. The van der Waals surface area contributed by atoms with E-state index in [4.69, 9.17) is 0 Å². The van der Waals surface area contributed by atoms with Gasteiger partial charge < -0.3 is 30.2 Å². The molecule has 7 atom stereocenters. The lowest BCUT2D eigenvalue weighted by Gasteiger charge is -2.46. The molecule has 0 unspecified atom stereocenters. The lowest BCUT2D eigenvalue weighted by molar-refractivity contribution is -0.163. The third-order valence-corrected chi connectivity index (χ3v) is 8.71. The van der Waals surface area contributed by atoms with Crippen molar-refractivity contribution < 1.29 is 24.6 Å². The van der Waals surface area contributed by atoms with Crippen LogP contribution in [-0.4, -0.2) is 106 Å². The van der Waals surface area contributed by atoms with Crippen LogP contribution in [0.4, 0.5) is 0 Å². The summed E-state index contributed by atoms with van der Waals surface area (Å²) < 4.78 is 0. The molecule has 180 valence electrons. The normalized spacial score (nSPS) is 35.1. The summed E-state index contributed by atoms with van der Waals surface area (Å²) in [6.45, 7) is 5.63. The SMILES string of the molecule is C[C@@H](O)[C@H]1C(=O)N2C(C(=O)O)=C(S[C@@H]3CN[C@H](C(=O)N4CC[C@H](N(C)C)C4)C3)[C@H](C)[C@H]12.Cl. The number of fused-ring (bicyclic) bond motifs is 1. The molecule has 11 heteroatoms. The van der Waals surface area contributed by atoms with E-state index in [0.29, 0.717) is 23.9 Å². The van der Waals surface area contributed by atoms with E-state index in [9.17, 15) is 24.6 Å². The number of aliphatic carboxylic acids is 1. The van der Waals surface area contributed by atoms with Crippen molar-refractivity contribution >= 4 is 42.0 Å². The number of carbonyl (C=O) groups excluding carboxylic acids is 2. The van der Waals surface area contributed by atoms with Gasteiger partial charge >= 0.3 is 5.97 Å². The molecule has 4 heterocycles. The Morgan fingerprint density at radius 3 is 2.56 bits per heavy atom. The maximum atomic E-state index is 13.0. The summed E-state index contributed by atoms with van der Waals surface area (Å²) >= 11 is 1.47. The monoisotopic (exact) mass is 488 g/mol. The molecule has 3 N–H and O–H groups in total. The number of carboxylic acid groups (broad SMARTS) is 1. The smallest absolute Gasteiger partial charge is 0.353 e. The van der Waals surface area contributed by atoms with E-state index in [2.05, 4.69) is 10.2 Å². The van der Waals surface area contributed by atoms with Crippen molar-refractivity contribution in [1.29, 1.82) is 0 Å². The molecule has 4 rings (SSSR count). The zero-order valence-corrected chi connectivity index (χ0v) is 20.5. The molecule has 0 aliphatic carbocycles. The number of aliphatic hydroxyl groups excluding tert-OH is 1. The average molecular weight is 489 g/mol. The summed E-state index contributed by atoms with van der Waals surface area (Å²) in [5.74, 6) is -2.02. The summed E-state index contributed by atoms with van der Waals surface area (Å²) in [6.07, 6.45) is 0.803. The van der Waals surface area contributed by atoms with Gasteiger partial charge in [0, 0.05) is 41.7 Å². The second-order valence-electron chi connectivity index (χ2n) is 9.40. The van der Waals surface area contributed by atoms with Crippen LogP contribution in [0.2, 0.25) is 0 Å². The molecule has 0 aromatic carbocycles. The lowest BCUT2D eigenvalue weighted by Crippen LogP contribution is -2.63. The maximum absolute atomic E-state index is 13.0. The van der Waals surface area contributed by atoms with Crippen LogP contribution in [0, 0.1) is 11.8 Å². The predicted molar refractivity (Wildman–Crippen MR) is 123 cm³/mol. The molecule has 0 bridgehead atoms. The fraction of sp³-hybridized carbons (Fsp3) is 0.762. The van der Waals surface area contributed by atoms with Gasteiger partial charge in [-0.15, -0.1) is 24.2 Å². The minimum Gasteiger partial charge on any atom is -0.477 e. The molecule has 3 saturated heterocycles. The van der Waals surface area contributed by atoms with Crippen molar-refractivity contribution in [2.45, 2.75) is 56.2 Å². The molecule has 0 saturated carbocycles. The van der Waals surface area contributed by atoms with Gasteiger partial charge in [0.25, 0.3) is 0 Å². The number of rotatable bonds is 6. The molecule has 0 radical (unpaired) electrons.